The fourth-order valence-corrected chi connectivity index (χ4v) is 5.49. The second-order valence-corrected chi connectivity index (χ2v) is 10.6. The van der Waals surface area contributed by atoms with Gasteiger partial charge in [-0.3, -0.25) is 4.79 Å². The van der Waals surface area contributed by atoms with E-state index in [2.05, 4.69) is 27.3 Å². The summed E-state index contributed by atoms with van der Waals surface area (Å²) in [4.78, 5) is 30.3. The van der Waals surface area contributed by atoms with E-state index < -0.39 is 0 Å². The van der Waals surface area contributed by atoms with Crippen LogP contribution in [0.2, 0.25) is 0 Å². The number of aromatic hydroxyl groups is 1. The zero-order valence-electron chi connectivity index (χ0n) is 23.5. The Kier molecular flexibility index (Phi) is 8.37. The Morgan fingerprint density at radius 3 is 2.62 bits per heavy atom. The van der Waals surface area contributed by atoms with Crippen LogP contribution < -0.4 is 14.5 Å². The van der Waals surface area contributed by atoms with Crippen LogP contribution in [0.5, 0.6) is 11.8 Å². The van der Waals surface area contributed by atoms with Gasteiger partial charge in [0, 0.05) is 69.1 Å². The highest BCUT2D eigenvalue weighted by molar-refractivity contribution is 5.95. The van der Waals surface area contributed by atoms with E-state index >= 15 is 0 Å². The molecule has 1 fully saturated rings. The molecular weight excluding hydrogens is 508 g/mol. The lowest BCUT2D eigenvalue weighted by atomic mass is 10.0. The normalized spacial score (nSPS) is 16.2. The van der Waals surface area contributed by atoms with Gasteiger partial charge in [-0.15, -0.1) is 0 Å². The van der Waals surface area contributed by atoms with Gasteiger partial charge in [0.2, 0.25) is 5.91 Å². The summed E-state index contributed by atoms with van der Waals surface area (Å²) in [6, 6.07) is 12.0. The Morgan fingerprint density at radius 2 is 1.90 bits per heavy atom. The lowest BCUT2D eigenvalue weighted by Crippen LogP contribution is -2.49. The molecule has 10 nitrogen and oxygen atoms in total. The summed E-state index contributed by atoms with van der Waals surface area (Å²) in [5, 5.41) is 12.5. The number of ether oxygens (including phenoxy) is 2. The van der Waals surface area contributed by atoms with Crippen LogP contribution in [0.4, 0.5) is 11.5 Å². The van der Waals surface area contributed by atoms with Crippen molar-refractivity contribution in [3.05, 3.63) is 60.3 Å². The van der Waals surface area contributed by atoms with E-state index in [1.54, 1.807) is 13.2 Å². The molecule has 1 N–H and O–H groups in total. The van der Waals surface area contributed by atoms with E-state index in [4.69, 9.17) is 19.4 Å². The van der Waals surface area contributed by atoms with Crippen LogP contribution in [-0.2, 0) is 22.5 Å². The van der Waals surface area contributed by atoms with Crippen molar-refractivity contribution < 1.29 is 19.4 Å². The maximum Gasteiger partial charge on any atom is 0.318 e. The van der Waals surface area contributed by atoms with E-state index in [9.17, 15) is 9.90 Å². The van der Waals surface area contributed by atoms with Gasteiger partial charge in [0.25, 0.3) is 0 Å². The largest absolute Gasteiger partial charge is 0.508 e. The number of hydrogen-bond acceptors (Lipinski definition) is 9. The smallest absolute Gasteiger partial charge is 0.318 e. The Hall–Kier alpha value is -3.89. The van der Waals surface area contributed by atoms with Gasteiger partial charge in [-0.05, 0) is 38.0 Å². The number of methoxy groups -OCH3 is 1. The number of amides is 1. The quantitative estimate of drug-likeness (QED) is 0.407. The molecule has 1 unspecified atom stereocenters. The highest BCUT2D eigenvalue weighted by atomic mass is 16.5. The Morgan fingerprint density at radius 1 is 1.12 bits per heavy atom. The molecule has 0 aliphatic carbocycles. The number of phenols is 1. The number of benzene rings is 2. The molecule has 2 aliphatic rings. The average Bonchev–Trinajstić information content (AvgIpc) is 2.97. The SMILES string of the molecule is C=CC(=O)N1CCN(c2nc(OCC(CN(C)C)OC)nc3c2CCN(c2cc(O)cc4ccccc24)C3)CC1. The van der Waals surface area contributed by atoms with Gasteiger partial charge < -0.3 is 34.2 Å². The number of carbonyl (C=O) groups excluding carboxylic acids is 1. The molecule has 0 radical (unpaired) electrons. The van der Waals surface area contributed by atoms with Crippen molar-refractivity contribution in [1.82, 2.24) is 19.8 Å². The molecule has 10 heteroatoms. The molecule has 212 valence electrons. The summed E-state index contributed by atoms with van der Waals surface area (Å²) in [6.45, 7) is 8.55. The topological polar surface area (TPSA) is 94.5 Å². The number of piperazine rings is 1. The first-order valence-corrected chi connectivity index (χ1v) is 13.7. The number of hydrogen-bond donors (Lipinski definition) is 1. The lowest BCUT2D eigenvalue weighted by molar-refractivity contribution is -0.126. The highest BCUT2D eigenvalue weighted by Crippen LogP contribution is 2.36. The van der Waals surface area contributed by atoms with Crippen LogP contribution in [0.1, 0.15) is 11.3 Å². The summed E-state index contributed by atoms with van der Waals surface area (Å²) in [5.74, 6) is 1.06. The van der Waals surface area contributed by atoms with Crippen LogP contribution in [0.3, 0.4) is 0 Å². The van der Waals surface area contributed by atoms with Crippen molar-refractivity contribution >= 4 is 28.2 Å². The van der Waals surface area contributed by atoms with Crippen LogP contribution in [0.15, 0.2) is 49.1 Å². The zero-order valence-corrected chi connectivity index (χ0v) is 23.5. The zero-order chi connectivity index (χ0) is 28.2. The summed E-state index contributed by atoms with van der Waals surface area (Å²) < 4.78 is 11.7. The molecule has 2 aliphatic heterocycles. The first-order valence-electron chi connectivity index (χ1n) is 13.7. The van der Waals surface area contributed by atoms with Crippen molar-refractivity contribution in [3.63, 3.8) is 0 Å². The molecule has 0 spiro atoms. The summed E-state index contributed by atoms with van der Waals surface area (Å²) >= 11 is 0. The van der Waals surface area contributed by atoms with E-state index in [0.717, 1.165) is 46.5 Å². The Labute approximate surface area is 235 Å². The van der Waals surface area contributed by atoms with Crippen LogP contribution in [0, 0.1) is 0 Å². The molecule has 5 rings (SSSR count). The third-order valence-corrected chi connectivity index (χ3v) is 7.55. The molecule has 1 atom stereocenters. The maximum absolute atomic E-state index is 12.1. The summed E-state index contributed by atoms with van der Waals surface area (Å²) in [6.07, 6.45) is 2.00. The van der Waals surface area contributed by atoms with Gasteiger partial charge in [0.15, 0.2) is 0 Å². The second kappa shape index (κ2) is 12.1. The Bertz CT molecular complexity index is 1370. The number of carbonyl (C=O) groups is 1. The standard InChI is InChI=1S/C30H38N6O4/c1-5-28(38)34-12-14-35(15-13-34)29-25-10-11-36(27-17-22(37)16-21-8-6-7-9-24(21)27)19-26(25)31-30(32-29)40-20-23(39-4)18-33(2)3/h5-9,16-17,23,37H,1,10-15,18-20H2,2-4H3. The minimum absolute atomic E-state index is 0.0473. The minimum Gasteiger partial charge on any atom is -0.508 e. The fraction of sp³-hybridized carbons (Fsp3) is 0.433. The van der Waals surface area contributed by atoms with Crippen molar-refractivity contribution in [3.8, 4) is 11.8 Å². The minimum atomic E-state index is -0.123. The van der Waals surface area contributed by atoms with E-state index in [1.807, 2.05) is 43.3 Å². The fourth-order valence-electron chi connectivity index (χ4n) is 5.49. The van der Waals surface area contributed by atoms with Gasteiger partial charge in [-0.25, -0.2) is 0 Å². The van der Waals surface area contributed by atoms with Gasteiger partial charge in [0.05, 0.1) is 12.2 Å². The highest BCUT2D eigenvalue weighted by Gasteiger charge is 2.29. The first kappa shape index (κ1) is 27.7. The number of phenolic OH excluding ortho intramolecular Hbond substituents is 1. The van der Waals surface area contributed by atoms with Crippen molar-refractivity contribution in [1.29, 1.82) is 0 Å². The molecule has 1 aromatic heterocycles. The molecule has 3 aromatic rings. The number of nitrogens with zero attached hydrogens (tertiary/aromatic N) is 6. The predicted octanol–water partition coefficient (Wildman–Crippen LogP) is 2.69. The molecule has 1 saturated heterocycles. The van der Waals surface area contributed by atoms with Gasteiger partial charge >= 0.3 is 6.01 Å². The molecular formula is C30H38N6O4. The lowest BCUT2D eigenvalue weighted by Gasteiger charge is -2.38. The number of aromatic nitrogens is 2. The number of rotatable bonds is 9. The number of likely N-dealkylation sites (N-methyl/N-ethyl adjacent to an activating group) is 1. The van der Waals surface area contributed by atoms with Crippen LogP contribution >= 0.6 is 0 Å². The molecule has 40 heavy (non-hydrogen) atoms. The second-order valence-electron chi connectivity index (χ2n) is 10.6. The van der Waals surface area contributed by atoms with Gasteiger partial charge in [-0.1, -0.05) is 30.8 Å². The van der Waals surface area contributed by atoms with Crippen LogP contribution in [0.25, 0.3) is 10.8 Å². The van der Waals surface area contributed by atoms with Crippen LogP contribution in [-0.4, -0.2) is 104 Å². The van der Waals surface area contributed by atoms with E-state index in [0.29, 0.717) is 51.9 Å². The number of fused-ring (bicyclic) bond motifs is 2. The molecule has 0 saturated carbocycles. The van der Waals surface area contributed by atoms with Gasteiger partial charge in [-0.2, -0.15) is 9.97 Å². The average molecular weight is 547 g/mol. The first-order chi connectivity index (χ1) is 19.4. The van der Waals surface area contributed by atoms with Gasteiger partial charge in [0.1, 0.15) is 24.3 Å². The molecule has 2 aromatic carbocycles. The third-order valence-electron chi connectivity index (χ3n) is 7.55. The number of anilines is 2. The third kappa shape index (κ3) is 5.97. The molecule has 3 heterocycles. The van der Waals surface area contributed by atoms with Crippen molar-refractivity contribution in [2.45, 2.75) is 19.1 Å². The molecule has 1 amide bonds. The van der Waals surface area contributed by atoms with E-state index in [-0.39, 0.29) is 17.8 Å². The predicted molar refractivity (Wildman–Crippen MR) is 156 cm³/mol. The van der Waals surface area contributed by atoms with E-state index in [1.165, 1.54) is 6.08 Å². The monoisotopic (exact) mass is 546 g/mol. The Balaban J connectivity index is 1.45. The summed E-state index contributed by atoms with van der Waals surface area (Å²) in [7, 11) is 5.67. The van der Waals surface area contributed by atoms with Crippen molar-refractivity contribution in [2.24, 2.45) is 0 Å². The maximum atomic E-state index is 12.1. The summed E-state index contributed by atoms with van der Waals surface area (Å²) in [5.41, 5.74) is 2.99. The molecule has 0 bridgehead atoms. The van der Waals surface area contributed by atoms with Crippen molar-refractivity contribution in [2.75, 3.05) is 76.9 Å².